The molecule has 0 spiro atoms. The van der Waals surface area contributed by atoms with Gasteiger partial charge < -0.3 is 24.8 Å². The van der Waals surface area contributed by atoms with E-state index in [1.165, 1.54) is 44.9 Å². The normalized spacial score (nSPS) is 14.2. The van der Waals surface area contributed by atoms with E-state index in [9.17, 15) is 24.9 Å². The summed E-state index contributed by atoms with van der Waals surface area (Å²) < 4.78 is 10.1. The summed E-state index contributed by atoms with van der Waals surface area (Å²) in [5, 5.41) is 30.1. The first-order valence-corrected chi connectivity index (χ1v) is 15.7. The van der Waals surface area contributed by atoms with Crippen LogP contribution in [-0.4, -0.2) is 58.8 Å². The van der Waals surface area contributed by atoms with Crippen LogP contribution >= 0.6 is 0 Å². The van der Waals surface area contributed by atoms with Crippen LogP contribution in [0.3, 0.4) is 0 Å². The maximum Gasteiger partial charge on any atom is 0.305 e. The van der Waals surface area contributed by atoms with Gasteiger partial charge in [-0.3, -0.25) is 9.59 Å². The lowest BCUT2D eigenvalue weighted by atomic mass is 10.0. The molecule has 0 amide bonds. The zero-order chi connectivity index (χ0) is 29.7. The number of rotatable bonds is 27. The number of hydrogen-bond acceptors (Lipinski definition) is 7. The minimum absolute atomic E-state index is 0.0717. The van der Waals surface area contributed by atoms with E-state index < -0.39 is 24.3 Å². The molecule has 0 aliphatic carbocycles. The highest BCUT2D eigenvalue weighted by Gasteiger charge is 2.16. The average molecular weight is 567 g/mol. The summed E-state index contributed by atoms with van der Waals surface area (Å²) in [6.45, 7) is 3.94. The standard InChI is InChI=1S/C33H58O7/c1-3-5-7-9-11-12-13-14-15-17-18-20-23-30(35)31(36)24-22-26-33(38)40-28-29(34)27-39-32(37)25-21-19-16-10-8-6-4-2/h11-12,14-15,18,20,29-31,34-36H,3-10,13,16-17,19,21-28H2,1-2H3/b12-11-,15-14-,20-18-/t29-,30?,31?/m1/s1. The number of unbranched alkanes of at least 4 members (excludes halogenated alkanes) is 9. The van der Waals surface area contributed by atoms with Crippen LogP contribution in [0.15, 0.2) is 36.5 Å². The number of carbonyl (C=O) groups is 2. The molecule has 0 aromatic heterocycles. The Morgan fingerprint density at radius 3 is 1.73 bits per heavy atom. The van der Waals surface area contributed by atoms with Crippen molar-refractivity contribution in [3.05, 3.63) is 36.5 Å². The van der Waals surface area contributed by atoms with Crippen LogP contribution in [0, 0.1) is 0 Å². The molecule has 3 N–H and O–H groups in total. The minimum Gasteiger partial charge on any atom is -0.463 e. The lowest BCUT2D eigenvalue weighted by molar-refractivity contribution is -0.152. The fourth-order valence-corrected chi connectivity index (χ4v) is 4.01. The van der Waals surface area contributed by atoms with Gasteiger partial charge in [0.1, 0.15) is 19.3 Å². The first-order valence-electron chi connectivity index (χ1n) is 15.7. The third-order valence-corrected chi connectivity index (χ3v) is 6.58. The lowest BCUT2D eigenvalue weighted by Gasteiger charge is -2.16. The van der Waals surface area contributed by atoms with Gasteiger partial charge in [-0.15, -0.1) is 0 Å². The molecule has 232 valence electrons. The van der Waals surface area contributed by atoms with Crippen molar-refractivity contribution in [2.24, 2.45) is 0 Å². The summed E-state index contributed by atoms with van der Waals surface area (Å²) in [6.07, 6.45) is 25.4. The molecule has 0 rings (SSSR count). The predicted octanol–water partition coefficient (Wildman–Crippen LogP) is 6.89. The third kappa shape index (κ3) is 26.3. The molecule has 0 heterocycles. The van der Waals surface area contributed by atoms with E-state index in [1.54, 1.807) is 0 Å². The van der Waals surface area contributed by atoms with Crippen LogP contribution in [-0.2, 0) is 19.1 Å². The summed E-state index contributed by atoms with van der Waals surface area (Å²) in [6, 6.07) is 0. The summed E-state index contributed by atoms with van der Waals surface area (Å²) in [5.74, 6) is -0.851. The zero-order valence-corrected chi connectivity index (χ0v) is 25.3. The van der Waals surface area contributed by atoms with Gasteiger partial charge in [-0.1, -0.05) is 102 Å². The van der Waals surface area contributed by atoms with Crippen molar-refractivity contribution in [1.29, 1.82) is 0 Å². The van der Waals surface area contributed by atoms with Crippen molar-refractivity contribution in [1.82, 2.24) is 0 Å². The van der Waals surface area contributed by atoms with Gasteiger partial charge in [0.25, 0.3) is 0 Å². The molecule has 3 atom stereocenters. The lowest BCUT2D eigenvalue weighted by Crippen LogP contribution is -2.26. The summed E-state index contributed by atoms with van der Waals surface area (Å²) in [5.41, 5.74) is 0. The van der Waals surface area contributed by atoms with Crippen molar-refractivity contribution >= 4 is 11.9 Å². The number of carbonyl (C=O) groups excluding carboxylic acids is 2. The van der Waals surface area contributed by atoms with E-state index in [4.69, 9.17) is 9.47 Å². The molecule has 0 aliphatic rings. The van der Waals surface area contributed by atoms with Crippen LogP contribution < -0.4 is 0 Å². The quantitative estimate of drug-likeness (QED) is 0.0564. The van der Waals surface area contributed by atoms with Crippen LogP contribution in [0.1, 0.15) is 129 Å². The Bertz CT molecular complexity index is 686. The maximum atomic E-state index is 11.9. The number of ether oxygens (including phenoxy) is 2. The van der Waals surface area contributed by atoms with Crippen LogP contribution in [0.25, 0.3) is 0 Å². The SMILES string of the molecule is CCCCC/C=C\C/C=C\C/C=C\CC(O)C(O)CCCC(=O)OC[C@H](O)COC(=O)CCCCCCCCC. The van der Waals surface area contributed by atoms with Crippen molar-refractivity contribution < 1.29 is 34.4 Å². The largest absolute Gasteiger partial charge is 0.463 e. The van der Waals surface area contributed by atoms with Gasteiger partial charge in [0.05, 0.1) is 12.2 Å². The molecule has 7 heteroatoms. The highest BCUT2D eigenvalue weighted by atomic mass is 16.6. The van der Waals surface area contributed by atoms with Gasteiger partial charge in [-0.05, 0) is 51.4 Å². The summed E-state index contributed by atoms with van der Waals surface area (Å²) in [7, 11) is 0. The second kappa shape index (κ2) is 28.6. The monoisotopic (exact) mass is 566 g/mol. The zero-order valence-electron chi connectivity index (χ0n) is 25.3. The Morgan fingerprint density at radius 2 is 1.10 bits per heavy atom. The van der Waals surface area contributed by atoms with Crippen LogP contribution in [0.4, 0.5) is 0 Å². The fraction of sp³-hybridized carbons (Fsp3) is 0.758. The number of aliphatic hydroxyl groups excluding tert-OH is 3. The van der Waals surface area contributed by atoms with Crippen molar-refractivity contribution in [2.75, 3.05) is 13.2 Å². The molecule has 7 nitrogen and oxygen atoms in total. The highest BCUT2D eigenvalue weighted by Crippen LogP contribution is 2.11. The van der Waals surface area contributed by atoms with Gasteiger partial charge in [0.15, 0.2) is 0 Å². The van der Waals surface area contributed by atoms with Crippen LogP contribution in [0.5, 0.6) is 0 Å². The van der Waals surface area contributed by atoms with Crippen molar-refractivity contribution in [3.63, 3.8) is 0 Å². The van der Waals surface area contributed by atoms with Crippen molar-refractivity contribution in [3.8, 4) is 0 Å². The third-order valence-electron chi connectivity index (χ3n) is 6.58. The van der Waals surface area contributed by atoms with E-state index in [0.29, 0.717) is 19.3 Å². The maximum absolute atomic E-state index is 11.9. The number of allylic oxidation sites excluding steroid dienone is 5. The number of esters is 2. The minimum atomic E-state index is -1.07. The summed E-state index contributed by atoms with van der Waals surface area (Å²) >= 11 is 0. The van der Waals surface area contributed by atoms with E-state index in [1.807, 2.05) is 12.2 Å². The molecule has 0 aliphatic heterocycles. The molecule has 0 saturated carbocycles. The molecule has 0 aromatic rings. The number of aliphatic hydroxyl groups is 3. The number of hydrogen-bond donors (Lipinski definition) is 3. The van der Waals surface area contributed by atoms with Gasteiger partial charge in [0, 0.05) is 12.8 Å². The Morgan fingerprint density at radius 1 is 0.600 bits per heavy atom. The molecule has 0 fully saturated rings. The first kappa shape index (κ1) is 38.0. The Labute approximate surface area is 243 Å². The summed E-state index contributed by atoms with van der Waals surface area (Å²) in [4.78, 5) is 23.7. The van der Waals surface area contributed by atoms with E-state index in [-0.39, 0.29) is 32.0 Å². The van der Waals surface area contributed by atoms with Gasteiger partial charge in [0.2, 0.25) is 0 Å². The first-order chi connectivity index (χ1) is 19.4. The van der Waals surface area contributed by atoms with Gasteiger partial charge in [-0.25, -0.2) is 0 Å². The van der Waals surface area contributed by atoms with Crippen LogP contribution in [0.2, 0.25) is 0 Å². The van der Waals surface area contributed by atoms with Crippen molar-refractivity contribution in [2.45, 2.75) is 148 Å². The molecule has 0 saturated heterocycles. The average Bonchev–Trinajstić information content (AvgIpc) is 2.94. The second-order valence-corrected chi connectivity index (χ2v) is 10.5. The Hall–Kier alpha value is -1.96. The van der Waals surface area contributed by atoms with E-state index >= 15 is 0 Å². The second-order valence-electron chi connectivity index (χ2n) is 10.5. The molecular weight excluding hydrogens is 508 g/mol. The smallest absolute Gasteiger partial charge is 0.305 e. The fourth-order valence-electron chi connectivity index (χ4n) is 4.01. The molecule has 40 heavy (non-hydrogen) atoms. The Kier molecular flexibility index (Phi) is 27.2. The molecule has 2 unspecified atom stereocenters. The Balaban J connectivity index is 3.79. The van der Waals surface area contributed by atoms with Gasteiger partial charge in [-0.2, -0.15) is 0 Å². The van der Waals surface area contributed by atoms with E-state index in [2.05, 4.69) is 38.2 Å². The molecule has 0 aromatic carbocycles. The molecule has 0 radical (unpaired) electrons. The predicted molar refractivity (Wildman–Crippen MR) is 162 cm³/mol. The highest BCUT2D eigenvalue weighted by molar-refractivity contribution is 5.69. The topological polar surface area (TPSA) is 113 Å². The molecule has 0 bridgehead atoms. The molecular formula is C33H58O7. The van der Waals surface area contributed by atoms with Gasteiger partial charge >= 0.3 is 11.9 Å². The van der Waals surface area contributed by atoms with E-state index in [0.717, 1.165) is 38.5 Å².